The van der Waals surface area contributed by atoms with E-state index in [2.05, 4.69) is 24.3 Å². The molecule has 1 saturated heterocycles. The number of hydrogen-bond acceptors (Lipinski definition) is 4. The van der Waals surface area contributed by atoms with Gasteiger partial charge in [0, 0.05) is 37.3 Å². The van der Waals surface area contributed by atoms with Crippen molar-refractivity contribution in [3.05, 3.63) is 0 Å². The lowest BCUT2D eigenvalue weighted by molar-refractivity contribution is -0.129. The van der Waals surface area contributed by atoms with Gasteiger partial charge in [-0.1, -0.05) is 6.42 Å². The number of carbonyl (C=O) groups excluding carboxylic acids is 1. The molecule has 2 saturated carbocycles. The average molecular weight is 396 g/mol. The van der Waals surface area contributed by atoms with Crippen molar-refractivity contribution < 1.29 is 9.53 Å². The van der Waals surface area contributed by atoms with Crippen LogP contribution in [0.4, 0.5) is 0 Å². The van der Waals surface area contributed by atoms with Crippen LogP contribution in [0.1, 0.15) is 44.9 Å². The molecule has 3 aliphatic rings. The minimum atomic E-state index is 0. The Bertz CT molecular complexity index is 417. The molecule has 25 heavy (non-hydrogen) atoms. The van der Waals surface area contributed by atoms with Crippen molar-refractivity contribution in [3.63, 3.8) is 0 Å². The topological polar surface area (TPSA) is 67.6 Å². The molecule has 1 amide bonds. The molecule has 2 atom stereocenters. The number of rotatable bonds is 4. The molecule has 2 aliphatic carbocycles. The van der Waals surface area contributed by atoms with Gasteiger partial charge in [-0.05, 0) is 64.5 Å². The number of ether oxygens (including phenoxy) is 1. The third kappa shape index (κ3) is 5.01. The minimum Gasteiger partial charge on any atom is -0.381 e. The summed E-state index contributed by atoms with van der Waals surface area (Å²) in [6.07, 6.45) is 7.66. The maximum Gasteiger partial charge on any atom is 0.223 e. The molecule has 3 rings (SSSR count). The molecule has 2 unspecified atom stereocenters. The highest BCUT2D eigenvalue weighted by molar-refractivity contribution is 5.85. The van der Waals surface area contributed by atoms with Gasteiger partial charge in [-0.15, -0.1) is 24.8 Å². The van der Waals surface area contributed by atoms with Gasteiger partial charge in [0.1, 0.15) is 0 Å². The molecular formula is C18H35Cl2N3O2. The molecule has 1 heterocycles. The predicted octanol–water partition coefficient (Wildman–Crippen LogP) is 2.21. The van der Waals surface area contributed by atoms with E-state index in [1.54, 1.807) is 0 Å². The maximum absolute atomic E-state index is 12.7. The Kier molecular flexibility index (Phi) is 8.95. The zero-order valence-electron chi connectivity index (χ0n) is 15.5. The van der Waals surface area contributed by atoms with Crippen LogP contribution in [0.25, 0.3) is 0 Å². The Morgan fingerprint density at radius 2 is 1.72 bits per heavy atom. The summed E-state index contributed by atoms with van der Waals surface area (Å²) in [5.74, 6) is 1.54. The van der Waals surface area contributed by atoms with Gasteiger partial charge in [0.05, 0.1) is 0 Å². The Balaban J connectivity index is 0.00000156. The van der Waals surface area contributed by atoms with Crippen LogP contribution in [0.5, 0.6) is 0 Å². The predicted molar refractivity (Wildman–Crippen MR) is 106 cm³/mol. The van der Waals surface area contributed by atoms with Gasteiger partial charge in [0.2, 0.25) is 5.91 Å². The zero-order valence-corrected chi connectivity index (χ0v) is 17.2. The minimum absolute atomic E-state index is 0. The highest BCUT2D eigenvalue weighted by Gasteiger charge is 2.41. The van der Waals surface area contributed by atoms with Crippen LogP contribution in [0, 0.1) is 17.8 Å². The van der Waals surface area contributed by atoms with Crippen molar-refractivity contribution in [3.8, 4) is 0 Å². The first-order valence-corrected chi connectivity index (χ1v) is 9.30. The third-order valence-corrected chi connectivity index (χ3v) is 6.75. The quantitative estimate of drug-likeness (QED) is 0.765. The van der Waals surface area contributed by atoms with Gasteiger partial charge >= 0.3 is 0 Å². The molecule has 0 aromatic carbocycles. The number of nitrogens with zero attached hydrogens (tertiary/aromatic N) is 1. The molecule has 0 aromatic heterocycles. The molecule has 2 bridgehead atoms. The second-order valence-electron chi connectivity index (χ2n) is 8.15. The summed E-state index contributed by atoms with van der Waals surface area (Å²) < 4.78 is 5.51. The largest absolute Gasteiger partial charge is 0.381 e. The van der Waals surface area contributed by atoms with Crippen LogP contribution in [0.15, 0.2) is 0 Å². The van der Waals surface area contributed by atoms with Gasteiger partial charge in [0.25, 0.3) is 0 Å². The molecule has 3 fully saturated rings. The molecule has 1 aliphatic heterocycles. The maximum atomic E-state index is 12.7. The lowest BCUT2D eigenvalue weighted by Gasteiger charge is -2.45. The number of nitrogens with one attached hydrogen (secondary N) is 1. The lowest BCUT2D eigenvalue weighted by Crippen LogP contribution is -2.57. The van der Waals surface area contributed by atoms with Gasteiger partial charge in [-0.25, -0.2) is 0 Å². The summed E-state index contributed by atoms with van der Waals surface area (Å²) in [6, 6.07) is 0.330. The fourth-order valence-electron chi connectivity index (χ4n) is 4.93. The number of halogens is 2. The Labute approximate surface area is 164 Å². The van der Waals surface area contributed by atoms with E-state index in [1.807, 2.05) is 0 Å². The van der Waals surface area contributed by atoms with E-state index in [4.69, 9.17) is 10.5 Å². The Morgan fingerprint density at radius 3 is 2.24 bits per heavy atom. The molecular weight excluding hydrogens is 361 g/mol. The first-order valence-electron chi connectivity index (χ1n) is 9.30. The van der Waals surface area contributed by atoms with E-state index in [1.165, 1.54) is 19.3 Å². The van der Waals surface area contributed by atoms with Gasteiger partial charge in [-0.2, -0.15) is 0 Å². The highest BCUT2D eigenvalue weighted by atomic mass is 35.5. The second kappa shape index (κ2) is 9.75. The van der Waals surface area contributed by atoms with Crippen molar-refractivity contribution in [2.75, 3.05) is 33.9 Å². The van der Waals surface area contributed by atoms with Crippen molar-refractivity contribution >= 4 is 30.7 Å². The van der Waals surface area contributed by atoms with Gasteiger partial charge in [0.15, 0.2) is 0 Å². The van der Waals surface area contributed by atoms with Gasteiger partial charge < -0.3 is 20.7 Å². The summed E-state index contributed by atoms with van der Waals surface area (Å²) in [4.78, 5) is 15.0. The standard InChI is InChI=1S/C18H33N3O2.2ClH/c1-21(2)18(6-8-23-9-7-18)12-20-17(22)15-10-13-4-3-5-14(11-15)16(13)19;;/h13-16H,3-12,19H2,1-2H3,(H,20,22);2*1H. The second-order valence-corrected chi connectivity index (χ2v) is 8.15. The van der Waals surface area contributed by atoms with E-state index >= 15 is 0 Å². The van der Waals surface area contributed by atoms with Gasteiger partial charge in [-0.3, -0.25) is 4.79 Å². The summed E-state index contributed by atoms with van der Waals surface area (Å²) in [7, 11) is 4.23. The molecule has 5 nitrogen and oxygen atoms in total. The lowest BCUT2D eigenvalue weighted by atomic mass is 9.65. The Morgan fingerprint density at radius 1 is 1.16 bits per heavy atom. The van der Waals surface area contributed by atoms with E-state index in [0.29, 0.717) is 17.9 Å². The van der Waals surface area contributed by atoms with E-state index in [9.17, 15) is 4.79 Å². The van der Waals surface area contributed by atoms with Crippen molar-refractivity contribution in [2.24, 2.45) is 23.5 Å². The number of amides is 1. The van der Waals surface area contributed by atoms with Crippen LogP contribution in [-0.2, 0) is 9.53 Å². The van der Waals surface area contributed by atoms with Crippen LogP contribution in [-0.4, -0.2) is 56.2 Å². The molecule has 3 N–H and O–H groups in total. The molecule has 0 spiro atoms. The third-order valence-electron chi connectivity index (χ3n) is 6.75. The van der Waals surface area contributed by atoms with E-state index < -0.39 is 0 Å². The molecule has 0 aromatic rings. The summed E-state index contributed by atoms with van der Waals surface area (Å²) in [5, 5.41) is 3.27. The summed E-state index contributed by atoms with van der Waals surface area (Å²) in [5.41, 5.74) is 6.40. The number of fused-ring (bicyclic) bond motifs is 2. The number of nitrogens with two attached hydrogens (primary N) is 1. The molecule has 7 heteroatoms. The highest BCUT2D eigenvalue weighted by Crippen LogP contribution is 2.42. The van der Waals surface area contributed by atoms with Crippen molar-refractivity contribution in [1.82, 2.24) is 10.2 Å². The summed E-state index contributed by atoms with van der Waals surface area (Å²) in [6.45, 7) is 2.31. The van der Waals surface area contributed by atoms with E-state index in [0.717, 1.165) is 45.4 Å². The van der Waals surface area contributed by atoms with Crippen LogP contribution < -0.4 is 11.1 Å². The average Bonchev–Trinajstić information content (AvgIpc) is 2.53. The van der Waals surface area contributed by atoms with Crippen molar-refractivity contribution in [2.45, 2.75) is 56.5 Å². The molecule has 148 valence electrons. The van der Waals surface area contributed by atoms with E-state index in [-0.39, 0.29) is 42.2 Å². The molecule has 0 radical (unpaired) electrons. The number of likely N-dealkylation sites (N-methyl/N-ethyl adjacent to an activating group) is 1. The monoisotopic (exact) mass is 395 g/mol. The first-order chi connectivity index (χ1) is 11.0. The fraction of sp³-hybridized carbons (Fsp3) is 0.944. The van der Waals surface area contributed by atoms with Crippen LogP contribution in [0.3, 0.4) is 0 Å². The van der Waals surface area contributed by atoms with Crippen molar-refractivity contribution in [1.29, 1.82) is 0 Å². The first kappa shape index (κ1) is 23.0. The zero-order chi connectivity index (χ0) is 16.4. The smallest absolute Gasteiger partial charge is 0.223 e. The Hall–Kier alpha value is -0.0700. The number of carbonyl (C=O) groups is 1. The fourth-order valence-corrected chi connectivity index (χ4v) is 4.93. The SMILES string of the molecule is CN(C)C1(CNC(=O)C2CC3CCCC(C2)C3N)CCOCC1.Cl.Cl. The van der Waals surface area contributed by atoms with Crippen LogP contribution in [0.2, 0.25) is 0 Å². The summed E-state index contributed by atoms with van der Waals surface area (Å²) >= 11 is 0. The number of hydrogen-bond donors (Lipinski definition) is 2. The van der Waals surface area contributed by atoms with Crippen LogP contribution >= 0.6 is 24.8 Å². The normalized spacial score (nSPS) is 33.8.